The van der Waals surface area contributed by atoms with Gasteiger partial charge in [-0.15, -0.1) is 0 Å². The van der Waals surface area contributed by atoms with Crippen molar-refractivity contribution >= 4 is 5.69 Å². The zero-order valence-corrected chi connectivity index (χ0v) is 11.1. The predicted octanol–water partition coefficient (Wildman–Crippen LogP) is 1.74. The highest BCUT2D eigenvalue weighted by Gasteiger charge is 2.14. The quantitative estimate of drug-likeness (QED) is 0.824. The minimum Gasteiger partial charge on any atom is -0.398 e. The average Bonchev–Trinajstić information content (AvgIpc) is 2.46. The fraction of sp³-hybridized carbons (Fsp3) is 0.357. The van der Waals surface area contributed by atoms with Gasteiger partial charge in [-0.3, -0.25) is 4.98 Å². The van der Waals surface area contributed by atoms with Gasteiger partial charge in [0.15, 0.2) is 0 Å². The summed E-state index contributed by atoms with van der Waals surface area (Å²) in [4.78, 5) is 12.4. The highest BCUT2D eigenvalue weighted by molar-refractivity contribution is 5.44. The lowest BCUT2D eigenvalue weighted by Gasteiger charge is -2.18. The molecular weight excluding hydrogens is 238 g/mol. The predicted molar refractivity (Wildman–Crippen MR) is 75.4 cm³/mol. The molecule has 1 unspecified atom stereocenters. The molecule has 100 valence electrons. The summed E-state index contributed by atoms with van der Waals surface area (Å²) >= 11 is 0. The Labute approximate surface area is 113 Å². The molecule has 3 N–H and O–H groups in total. The minimum atomic E-state index is 0.134. The van der Waals surface area contributed by atoms with Gasteiger partial charge >= 0.3 is 0 Å². The van der Waals surface area contributed by atoms with Crippen molar-refractivity contribution < 1.29 is 0 Å². The zero-order chi connectivity index (χ0) is 13.5. The van der Waals surface area contributed by atoms with Crippen molar-refractivity contribution in [2.75, 3.05) is 12.3 Å². The van der Waals surface area contributed by atoms with E-state index in [-0.39, 0.29) is 6.04 Å². The first-order valence-electron chi connectivity index (χ1n) is 6.49. The maximum Gasteiger partial charge on any atom is 0.115 e. The van der Waals surface area contributed by atoms with Gasteiger partial charge in [0.25, 0.3) is 0 Å². The standard InChI is InChI=1S/C14H19N5/c1-2-5-18-14(13-4-7-17-10-19-13)8-11-9-16-6-3-12(11)15/h3-4,6-7,9-10,14,18H,2,5,8H2,1H3,(H2,15,16). The van der Waals surface area contributed by atoms with E-state index in [1.165, 1.54) is 0 Å². The Morgan fingerprint density at radius 2 is 2.11 bits per heavy atom. The van der Waals surface area contributed by atoms with Crippen LogP contribution in [-0.2, 0) is 6.42 Å². The summed E-state index contributed by atoms with van der Waals surface area (Å²) in [5.74, 6) is 0. The monoisotopic (exact) mass is 257 g/mol. The van der Waals surface area contributed by atoms with Gasteiger partial charge in [0.05, 0.1) is 11.7 Å². The van der Waals surface area contributed by atoms with Crippen molar-refractivity contribution in [3.63, 3.8) is 0 Å². The van der Waals surface area contributed by atoms with Gasteiger partial charge in [0.1, 0.15) is 6.33 Å². The van der Waals surface area contributed by atoms with Crippen molar-refractivity contribution in [1.82, 2.24) is 20.3 Å². The molecule has 0 aliphatic rings. The van der Waals surface area contributed by atoms with E-state index in [0.717, 1.165) is 36.3 Å². The molecule has 0 bridgehead atoms. The summed E-state index contributed by atoms with van der Waals surface area (Å²) in [7, 11) is 0. The fourth-order valence-corrected chi connectivity index (χ4v) is 1.94. The molecule has 0 saturated heterocycles. The van der Waals surface area contributed by atoms with E-state index >= 15 is 0 Å². The van der Waals surface area contributed by atoms with Crippen LogP contribution in [-0.4, -0.2) is 21.5 Å². The molecule has 0 saturated carbocycles. The fourth-order valence-electron chi connectivity index (χ4n) is 1.94. The third kappa shape index (κ3) is 3.72. The topological polar surface area (TPSA) is 76.7 Å². The summed E-state index contributed by atoms with van der Waals surface area (Å²) in [5, 5.41) is 3.49. The normalized spacial score (nSPS) is 12.3. The second-order valence-corrected chi connectivity index (χ2v) is 4.42. The molecule has 0 aromatic carbocycles. The number of hydrogen-bond acceptors (Lipinski definition) is 5. The van der Waals surface area contributed by atoms with E-state index < -0.39 is 0 Å². The Balaban J connectivity index is 2.17. The zero-order valence-electron chi connectivity index (χ0n) is 11.1. The van der Waals surface area contributed by atoms with Crippen LogP contribution in [0.25, 0.3) is 0 Å². The molecule has 0 radical (unpaired) electrons. The third-order valence-electron chi connectivity index (χ3n) is 2.97. The molecule has 5 heteroatoms. The van der Waals surface area contributed by atoms with Gasteiger partial charge in [0.2, 0.25) is 0 Å². The maximum absolute atomic E-state index is 5.98. The van der Waals surface area contributed by atoms with Crippen molar-refractivity contribution in [3.8, 4) is 0 Å². The molecule has 5 nitrogen and oxygen atoms in total. The van der Waals surface area contributed by atoms with Gasteiger partial charge in [-0.05, 0) is 37.1 Å². The first kappa shape index (κ1) is 13.4. The number of nitrogens with one attached hydrogen (secondary N) is 1. The summed E-state index contributed by atoms with van der Waals surface area (Å²) < 4.78 is 0. The van der Waals surface area contributed by atoms with Gasteiger partial charge in [-0.1, -0.05) is 6.92 Å². The molecule has 1 atom stereocenters. The molecule has 0 aliphatic heterocycles. The molecule has 2 rings (SSSR count). The SMILES string of the molecule is CCCNC(Cc1cnccc1N)c1ccncn1. The Morgan fingerprint density at radius 3 is 2.79 bits per heavy atom. The summed E-state index contributed by atoms with van der Waals surface area (Å²) in [6, 6.07) is 3.89. The summed E-state index contributed by atoms with van der Waals surface area (Å²) in [6.45, 7) is 3.08. The Bertz CT molecular complexity index is 500. The molecular formula is C14H19N5. The van der Waals surface area contributed by atoms with Gasteiger partial charge in [-0.2, -0.15) is 0 Å². The second kappa shape index (κ2) is 6.80. The summed E-state index contributed by atoms with van der Waals surface area (Å²) in [6.07, 6.45) is 8.70. The number of nitrogen functional groups attached to an aromatic ring is 1. The van der Waals surface area contributed by atoms with Crippen LogP contribution >= 0.6 is 0 Å². The Morgan fingerprint density at radius 1 is 1.26 bits per heavy atom. The number of rotatable bonds is 6. The molecule has 0 aliphatic carbocycles. The Hall–Kier alpha value is -2.01. The molecule has 0 spiro atoms. The van der Waals surface area contributed by atoms with Crippen LogP contribution in [0.15, 0.2) is 37.1 Å². The van der Waals surface area contributed by atoms with Crippen LogP contribution in [0.2, 0.25) is 0 Å². The van der Waals surface area contributed by atoms with E-state index in [4.69, 9.17) is 5.73 Å². The molecule has 0 amide bonds. The summed E-state index contributed by atoms with van der Waals surface area (Å²) in [5.41, 5.74) is 8.76. The van der Waals surface area contributed by atoms with Crippen LogP contribution in [0.3, 0.4) is 0 Å². The molecule has 2 aromatic heterocycles. The average molecular weight is 257 g/mol. The first-order chi connectivity index (χ1) is 9.31. The van der Waals surface area contributed by atoms with Crippen LogP contribution in [0.4, 0.5) is 5.69 Å². The van der Waals surface area contributed by atoms with Crippen LogP contribution in [0.5, 0.6) is 0 Å². The van der Waals surface area contributed by atoms with Gasteiger partial charge < -0.3 is 11.1 Å². The molecule has 0 fully saturated rings. The van der Waals surface area contributed by atoms with E-state index in [1.807, 2.05) is 18.3 Å². The number of aromatic nitrogens is 3. The number of anilines is 1. The van der Waals surface area contributed by atoms with Crippen molar-refractivity contribution in [3.05, 3.63) is 48.3 Å². The third-order valence-corrected chi connectivity index (χ3v) is 2.97. The molecule has 2 aromatic rings. The van der Waals surface area contributed by atoms with Gasteiger partial charge in [0, 0.05) is 24.3 Å². The Kier molecular flexibility index (Phi) is 4.80. The van der Waals surface area contributed by atoms with Crippen molar-refractivity contribution in [2.45, 2.75) is 25.8 Å². The second-order valence-electron chi connectivity index (χ2n) is 4.42. The van der Waals surface area contributed by atoms with E-state index in [1.54, 1.807) is 18.7 Å². The van der Waals surface area contributed by atoms with Gasteiger partial charge in [-0.25, -0.2) is 9.97 Å². The highest BCUT2D eigenvalue weighted by Crippen LogP contribution is 2.19. The van der Waals surface area contributed by atoms with Crippen molar-refractivity contribution in [1.29, 1.82) is 0 Å². The van der Waals surface area contributed by atoms with E-state index in [9.17, 15) is 0 Å². The smallest absolute Gasteiger partial charge is 0.115 e. The lowest BCUT2D eigenvalue weighted by Crippen LogP contribution is -2.25. The number of nitrogens with two attached hydrogens (primary N) is 1. The van der Waals surface area contributed by atoms with E-state index in [0.29, 0.717) is 0 Å². The largest absolute Gasteiger partial charge is 0.398 e. The van der Waals surface area contributed by atoms with Crippen molar-refractivity contribution in [2.24, 2.45) is 0 Å². The lowest BCUT2D eigenvalue weighted by atomic mass is 10.0. The lowest BCUT2D eigenvalue weighted by molar-refractivity contribution is 0.517. The number of nitrogens with zero attached hydrogens (tertiary/aromatic N) is 3. The van der Waals surface area contributed by atoms with Crippen LogP contribution in [0, 0.1) is 0 Å². The maximum atomic E-state index is 5.98. The molecule has 19 heavy (non-hydrogen) atoms. The van der Waals surface area contributed by atoms with Crippen LogP contribution < -0.4 is 11.1 Å². The van der Waals surface area contributed by atoms with Crippen LogP contribution in [0.1, 0.15) is 30.6 Å². The first-order valence-corrected chi connectivity index (χ1v) is 6.49. The number of hydrogen-bond donors (Lipinski definition) is 2. The highest BCUT2D eigenvalue weighted by atomic mass is 14.9. The number of pyridine rings is 1. The van der Waals surface area contributed by atoms with E-state index in [2.05, 4.69) is 27.2 Å². The molecule has 2 heterocycles. The minimum absolute atomic E-state index is 0.134.